The molecule has 21 heavy (non-hydrogen) atoms. The summed E-state index contributed by atoms with van der Waals surface area (Å²) in [6.07, 6.45) is 2.15. The average molecular weight is 306 g/mol. The van der Waals surface area contributed by atoms with E-state index in [9.17, 15) is 4.21 Å². The maximum atomic E-state index is 11.7. The van der Waals surface area contributed by atoms with Gasteiger partial charge in [-0.05, 0) is 32.3 Å². The fourth-order valence-corrected chi connectivity index (χ4v) is 4.87. The Kier molecular flexibility index (Phi) is 4.48. The Morgan fingerprint density at radius 3 is 2.52 bits per heavy atom. The van der Waals surface area contributed by atoms with Crippen LogP contribution in [0.2, 0.25) is 0 Å². The molecule has 1 aromatic rings. The fraction of sp³-hybridized carbons (Fsp3) is 0.647. The lowest BCUT2D eigenvalue weighted by Crippen LogP contribution is -2.61. The third-order valence-corrected chi connectivity index (χ3v) is 6.15. The molecule has 2 heterocycles. The van der Waals surface area contributed by atoms with Crippen molar-refractivity contribution in [3.8, 4) is 0 Å². The molecule has 0 spiro atoms. The van der Waals surface area contributed by atoms with Crippen LogP contribution in [0.3, 0.4) is 0 Å². The Labute approximate surface area is 130 Å². The minimum Gasteiger partial charge on any atom is -0.309 e. The maximum absolute atomic E-state index is 11.7. The Bertz CT molecular complexity index is 493. The van der Waals surface area contributed by atoms with Gasteiger partial charge in [-0.15, -0.1) is 0 Å². The molecule has 116 valence electrons. The lowest BCUT2D eigenvalue weighted by molar-refractivity contribution is 0.0491. The molecule has 4 heteroatoms. The van der Waals surface area contributed by atoms with E-state index in [1.807, 2.05) is 0 Å². The van der Waals surface area contributed by atoms with Crippen molar-refractivity contribution >= 4 is 10.8 Å². The van der Waals surface area contributed by atoms with E-state index in [4.69, 9.17) is 0 Å². The number of hydrogen-bond donors (Lipinski definition) is 1. The SMILES string of the molecule is CC1(C)CN(C2CCS(=O)CC2)C(c2ccccc2)CN1. The van der Waals surface area contributed by atoms with E-state index in [1.165, 1.54) is 5.56 Å². The molecule has 0 saturated carbocycles. The lowest BCUT2D eigenvalue weighted by Gasteiger charge is -2.49. The molecule has 0 aliphatic carbocycles. The number of piperazine rings is 1. The summed E-state index contributed by atoms with van der Waals surface area (Å²) in [6.45, 7) is 6.62. The van der Waals surface area contributed by atoms with E-state index in [2.05, 4.69) is 54.4 Å². The van der Waals surface area contributed by atoms with Gasteiger partial charge in [0.05, 0.1) is 0 Å². The van der Waals surface area contributed by atoms with Crippen LogP contribution in [0.5, 0.6) is 0 Å². The van der Waals surface area contributed by atoms with Crippen molar-refractivity contribution in [3.63, 3.8) is 0 Å². The van der Waals surface area contributed by atoms with Crippen molar-refractivity contribution in [3.05, 3.63) is 35.9 Å². The molecule has 0 radical (unpaired) electrons. The molecule has 3 rings (SSSR count). The molecule has 1 N–H and O–H groups in total. The van der Waals surface area contributed by atoms with Crippen LogP contribution in [0.1, 0.15) is 38.3 Å². The normalized spacial score (nSPS) is 33.7. The summed E-state index contributed by atoms with van der Waals surface area (Å²) in [5.74, 6) is 1.74. The molecule has 3 nitrogen and oxygen atoms in total. The van der Waals surface area contributed by atoms with Gasteiger partial charge in [0.2, 0.25) is 0 Å². The van der Waals surface area contributed by atoms with Crippen molar-refractivity contribution < 1.29 is 4.21 Å². The highest BCUT2D eigenvalue weighted by atomic mass is 32.2. The standard InChI is InChI=1S/C17H26N2OS/c1-17(2)13-19(15-8-10-21(20)11-9-15)16(12-18-17)14-6-4-3-5-7-14/h3-7,15-16,18H,8-13H2,1-2H3. The number of hydrogen-bond acceptors (Lipinski definition) is 3. The molecule has 1 aromatic carbocycles. The van der Waals surface area contributed by atoms with Crippen molar-refractivity contribution in [1.29, 1.82) is 0 Å². The first-order chi connectivity index (χ1) is 10.1. The van der Waals surface area contributed by atoms with Gasteiger partial charge >= 0.3 is 0 Å². The van der Waals surface area contributed by atoms with E-state index in [1.54, 1.807) is 0 Å². The predicted molar refractivity (Wildman–Crippen MR) is 88.9 cm³/mol. The first-order valence-corrected chi connectivity index (χ1v) is 9.45. The molecule has 2 saturated heterocycles. The summed E-state index contributed by atoms with van der Waals surface area (Å²) in [6, 6.07) is 11.8. The van der Waals surface area contributed by atoms with E-state index >= 15 is 0 Å². The predicted octanol–water partition coefficient (Wildman–Crippen LogP) is 2.32. The third-order valence-electron chi connectivity index (χ3n) is 4.76. The van der Waals surface area contributed by atoms with E-state index in [0.717, 1.165) is 37.4 Å². The minimum atomic E-state index is -0.583. The molecular formula is C17H26N2OS. The van der Waals surface area contributed by atoms with Gasteiger partial charge in [0.25, 0.3) is 0 Å². The number of benzene rings is 1. The Morgan fingerprint density at radius 1 is 1.19 bits per heavy atom. The van der Waals surface area contributed by atoms with E-state index in [-0.39, 0.29) is 5.54 Å². The highest BCUT2D eigenvalue weighted by molar-refractivity contribution is 7.85. The largest absolute Gasteiger partial charge is 0.309 e. The van der Waals surface area contributed by atoms with Gasteiger partial charge < -0.3 is 5.32 Å². The molecule has 0 bridgehead atoms. The minimum absolute atomic E-state index is 0.155. The van der Waals surface area contributed by atoms with E-state index < -0.39 is 10.8 Å². The topological polar surface area (TPSA) is 32.3 Å². The molecule has 1 unspecified atom stereocenters. The van der Waals surface area contributed by atoms with Crippen LogP contribution in [0.15, 0.2) is 30.3 Å². The monoisotopic (exact) mass is 306 g/mol. The van der Waals surface area contributed by atoms with Gasteiger partial charge in [-0.25, -0.2) is 0 Å². The smallest absolute Gasteiger partial charge is 0.0476 e. The van der Waals surface area contributed by atoms with Crippen LogP contribution in [-0.2, 0) is 10.8 Å². The summed E-state index contributed by atoms with van der Waals surface area (Å²) in [7, 11) is -0.583. The molecule has 1 atom stereocenters. The van der Waals surface area contributed by atoms with Gasteiger partial charge in [0.1, 0.15) is 0 Å². The Morgan fingerprint density at radius 2 is 1.86 bits per heavy atom. The van der Waals surface area contributed by atoms with Crippen LogP contribution in [0, 0.1) is 0 Å². The molecule has 2 fully saturated rings. The summed E-state index contributed by atoms with van der Waals surface area (Å²) in [5.41, 5.74) is 1.55. The first-order valence-electron chi connectivity index (χ1n) is 7.96. The summed E-state index contributed by atoms with van der Waals surface area (Å²) >= 11 is 0. The average Bonchev–Trinajstić information content (AvgIpc) is 2.48. The number of rotatable bonds is 2. The zero-order chi connectivity index (χ0) is 14.9. The van der Waals surface area contributed by atoms with Gasteiger partial charge in [-0.2, -0.15) is 0 Å². The number of nitrogens with one attached hydrogen (secondary N) is 1. The van der Waals surface area contributed by atoms with Gasteiger partial charge in [0, 0.05) is 53.0 Å². The second-order valence-electron chi connectivity index (χ2n) is 6.94. The Balaban J connectivity index is 1.82. The van der Waals surface area contributed by atoms with Crippen LogP contribution in [0.25, 0.3) is 0 Å². The van der Waals surface area contributed by atoms with Crippen LogP contribution in [-0.4, -0.2) is 45.3 Å². The van der Waals surface area contributed by atoms with Crippen molar-refractivity contribution in [2.24, 2.45) is 0 Å². The highest BCUT2D eigenvalue weighted by Gasteiger charge is 2.37. The molecule has 2 aliphatic heterocycles. The zero-order valence-electron chi connectivity index (χ0n) is 13.0. The second kappa shape index (κ2) is 6.19. The van der Waals surface area contributed by atoms with Crippen LogP contribution in [0.4, 0.5) is 0 Å². The van der Waals surface area contributed by atoms with Gasteiger partial charge in [-0.3, -0.25) is 9.11 Å². The van der Waals surface area contributed by atoms with Crippen molar-refractivity contribution in [1.82, 2.24) is 10.2 Å². The highest BCUT2D eigenvalue weighted by Crippen LogP contribution is 2.32. The molecule has 2 aliphatic rings. The van der Waals surface area contributed by atoms with Gasteiger partial charge in [0.15, 0.2) is 0 Å². The molecule has 0 aromatic heterocycles. The Hall–Kier alpha value is -0.710. The first kappa shape index (κ1) is 15.2. The zero-order valence-corrected chi connectivity index (χ0v) is 13.9. The fourth-order valence-electron chi connectivity index (χ4n) is 3.59. The summed E-state index contributed by atoms with van der Waals surface area (Å²) in [4.78, 5) is 2.67. The quantitative estimate of drug-likeness (QED) is 0.910. The van der Waals surface area contributed by atoms with Crippen LogP contribution < -0.4 is 5.32 Å². The van der Waals surface area contributed by atoms with Gasteiger partial charge in [-0.1, -0.05) is 30.3 Å². The van der Waals surface area contributed by atoms with Crippen molar-refractivity contribution in [2.45, 2.75) is 44.3 Å². The van der Waals surface area contributed by atoms with Crippen molar-refractivity contribution in [2.75, 3.05) is 24.6 Å². The van der Waals surface area contributed by atoms with Crippen LogP contribution >= 0.6 is 0 Å². The second-order valence-corrected chi connectivity index (χ2v) is 8.64. The number of nitrogens with zero attached hydrogens (tertiary/aromatic N) is 1. The maximum Gasteiger partial charge on any atom is 0.0476 e. The lowest BCUT2D eigenvalue weighted by atomic mass is 9.92. The summed E-state index contributed by atoms with van der Waals surface area (Å²) < 4.78 is 11.7. The summed E-state index contributed by atoms with van der Waals surface area (Å²) in [5, 5.41) is 3.68. The third kappa shape index (κ3) is 3.55. The van der Waals surface area contributed by atoms with E-state index in [0.29, 0.717) is 12.1 Å². The molecule has 0 amide bonds. The molecular weight excluding hydrogens is 280 g/mol.